The largest absolute Gasteiger partial charge is 0.423 e. The van der Waals surface area contributed by atoms with Crippen LogP contribution in [0.4, 0.5) is 15.2 Å². The van der Waals surface area contributed by atoms with Gasteiger partial charge in [0.05, 0.1) is 0 Å². The van der Waals surface area contributed by atoms with Crippen LogP contribution in [-0.4, -0.2) is 35.6 Å². The molecule has 8 heteroatoms. The lowest BCUT2D eigenvalue weighted by atomic mass is 9.88. The summed E-state index contributed by atoms with van der Waals surface area (Å²) in [5, 5.41) is 4.97. The molecule has 2 saturated heterocycles. The zero-order valence-electron chi connectivity index (χ0n) is 11.6. The van der Waals surface area contributed by atoms with Crippen molar-refractivity contribution in [2.45, 2.75) is 18.4 Å². The second-order valence-electron chi connectivity index (χ2n) is 5.59. The van der Waals surface area contributed by atoms with E-state index in [9.17, 15) is 14.0 Å². The Balaban J connectivity index is 1.55. The van der Waals surface area contributed by atoms with Gasteiger partial charge in [-0.25, -0.2) is 9.18 Å². The molecule has 2 fully saturated rings. The van der Waals surface area contributed by atoms with Crippen LogP contribution in [0, 0.1) is 5.82 Å². The third kappa shape index (κ3) is 1.91. The van der Waals surface area contributed by atoms with E-state index in [1.807, 2.05) is 4.90 Å². The fourth-order valence-corrected chi connectivity index (χ4v) is 2.98. The van der Waals surface area contributed by atoms with Gasteiger partial charge in [0.2, 0.25) is 0 Å². The first-order chi connectivity index (χ1) is 10.6. The fourth-order valence-electron chi connectivity index (χ4n) is 2.98. The number of rotatable bonds is 1. The van der Waals surface area contributed by atoms with Crippen LogP contribution in [0.5, 0.6) is 0 Å². The summed E-state index contributed by atoms with van der Waals surface area (Å²) in [5.41, 5.74) is 0.150. The third-order valence-corrected chi connectivity index (χ3v) is 4.24. The summed E-state index contributed by atoms with van der Waals surface area (Å²) in [6, 6.07) is 4.14. The Bertz CT molecular complexity index is 779. The SMILES string of the molecule is O=C1NC(=O)C2(CCN(c3nc4ccc(F)cc4o3)CC2)N1. The summed E-state index contributed by atoms with van der Waals surface area (Å²) in [4.78, 5) is 29.4. The van der Waals surface area contributed by atoms with Gasteiger partial charge in [0, 0.05) is 19.2 Å². The van der Waals surface area contributed by atoms with Crippen molar-refractivity contribution in [3.63, 3.8) is 0 Å². The number of amides is 3. The molecule has 0 radical (unpaired) electrons. The summed E-state index contributed by atoms with van der Waals surface area (Å²) in [5.74, 6) is -0.657. The van der Waals surface area contributed by atoms with Crippen LogP contribution >= 0.6 is 0 Å². The van der Waals surface area contributed by atoms with E-state index in [1.54, 1.807) is 6.07 Å². The number of carbonyl (C=O) groups excluding carboxylic acids is 2. The van der Waals surface area contributed by atoms with Gasteiger partial charge in [-0.2, -0.15) is 4.98 Å². The van der Waals surface area contributed by atoms with Crippen LogP contribution in [0.1, 0.15) is 12.8 Å². The van der Waals surface area contributed by atoms with E-state index in [1.165, 1.54) is 12.1 Å². The van der Waals surface area contributed by atoms with Crippen molar-refractivity contribution >= 4 is 29.1 Å². The molecule has 0 bridgehead atoms. The van der Waals surface area contributed by atoms with Gasteiger partial charge in [0.25, 0.3) is 11.9 Å². The highest BCUT2D eigenvalue weighted by atomic mass is 19.1. The molecule has 3 amide bonds. The van der Waals surface area contributed by atoms with Gasteiger partial charge in [0.1, 0.15) is 16.9 Å². The summed E-state index contributed by atoms with van der Waals surface area (Å²) >= 11 is 0. The quantitative estimate of drug-likeness (QED) is 0.772. The predicted molar refractivity (Wildman–Crippen MR) is 74.8 cm³/mol. The molecule has 0 atom stereocenters. The number of oxazole rings is 1. The molecule has 7 nitrogen and oxygen atoms in total. The lowest BCUT2D eigenvalue weighted by Crippen LogP contribution is -2.55. The number of fused-ring (bicyclic) bond motifs is 1. The Morgan fingerprint density at radius 3 is 2.73 bits per heavy atom. The minimum atomic E-state index is -0.828. The molecule has 1 aromatic carbocycles. The lowest BCUT2D eigenvalue weighted by molar-refractivity contribution is -0.124. The minimum Gasteiger partial charge on any atom is -0.423 e. The molecule has 4 rings (SSSR count). The summed E-state index contributed by atoms with van der Waals surface area (Å²) in [6.45, 7) is 1.03. The number of anilines is 1. The number of halogens is 1. The standard InChI is InChI=1S/C14H13FN4O3/c15-8-1-2-9-10(7-8)22-13(16-9)19-5-3-14(4-6-19)11(20)17-12(21)18-14/h1-2,7H,3-6H2,(H2,17,18,20,21). The van der Waals surface area contributed by atoms with Crippen molar-refractivity contribution in [2.75, 3.05) is 18.0 Å². The average Bonchev–Trinajstić information content (AvgIpc) is 3.01. The molecule has 22 heavy (non-hydrogen) atoms. The number of hydrogen-bond acceptors (Lipinski definition) is 5. The van der Waals surface area contributed by atoms with Crippen molar-refractivity contribution < 1.29 is 18.4 Å². The smallest absolute Gasteiger partial charge is 0.322 e. The van der Waals surface area contributed by atoms with Crippen molar-refractivity contribution in [1.82, 2.24) is 15.6 Å². The van der Waals surface area contributed by atoms with Gasteiger partial charge >= 0.3 is 6.03 Å². The van der Waals surface area contributed by atoms with Crippen LogP contribution in [0.15, 0.2) is 22.6 Å². The second-order valence-corrected chi connectivity index (χ2v) is 5.59. The number of piperidine rings is 1. The lowest BCUT2D eigenvalue weighted by Gasteiger charge is -2.36. The highest BCUT2D eigenvalue weighted by Gasteiger charge is 2.48. The van der Waals surface area contributed by atoms with Crippen LogP contribution in [0.3, 0.4) is 0 Å². The molecule has 0 saturated carbocycles. The Hall–Kier alpha value is -2.64. The van der Waals surface area contributed by atoms with Crippen LogP contribution < -0.4 is 15.5 Å². The molecular weight excluding hydrogens is 291 g/mol. The molecule has 2 aliphatic heterocycles. The first kappa shape index (κ1) is 13.1. The van der Waals surface area contributed by atoms with Crippen molar-refractivity contribution in [3.05, 3.63) is 24.0 Å². The van der Waals surface area contributed by atoms with Crippen molar-refractivity contribution in [1.29, 1.82) is 0 Å². The van der Waals surface area contributed by atoms with E-state index in [0.717, 1.165) is 0 Å². The molecule has 2 N–H and O–H groups in total. The molecule has 1 spiro atoms. The maximum absolute atomic E-state index is 13.2. The number of hydrogen-bond donors (Lipinski definition) is 2. The summed E-state index contributed by atoms with van der Waals surface area (Å²) in [7, 11) is 0. The zero-order valence-corrected chi connectivity index (χ0v) is 11.6. The number of nitrogens with zero attached hydrogens (tertiary/aromatic N) is 2. The Labute approximate surface area is 124 Å². The van der Waals surface area contributed by atoms with Crippen molar-refractivity contribution in [2.24, 2.45) is 0 Å². The topological polar surface area (TPSA) is 87.5 Å². The van der Waals surface area contributed by atoms with Gasteiger partial charge < -0.3 is 14.6 Å². The number of nitrogens with one attached hydrogen (secondary N) is 2. The molecule has 1 aromatic heterocycles. The van der Waals surface area contributed by atoms with Crippen molar-refractivity contribution in [3.8, 4) is 0 Å². The van der Waals surface area contributed by atoms with E-state index in [-0.39, 0.29) is 11.7 Å². The fraction of sp³-hybridized carbons (Fsp3) is 0.357. The first-order valence-corrected chi connectivity index (χ1v) is 7.00. The average molecular weight is 304 g/mol. The number of carbonyl (C=O) groups is 2. The van der Waals surface area contributed by atoms with Gasteiger partial charge in [-0.3, -0.25) is 10.1 Å². The molecule has 2 aromatic rings. The van der Waals surface area contributed by atoms with Gasteiger partial charge in [-0.05, 0) is 25.0 Å². The Kier molecular flexibility index (Phi) is 2.63. The number of urea groups is 1. The Morgan fingerprint density at radius 2 is 2.05 bits per heavy atom. The maximum atomic E-state index is 13.2. The minimum absolute atomic E-state index is 0.281. The monoisotopic (exact) mass is 304 g/mol. The van der Waals surface area contributed by atoms with E-state index >= 15 is 0 Å². The maximum Gasteiger partial charge on any atom is 0.322 e. The summed E-state index contributed by atoms with van der Waals surface area (Å²) in [6.07, 6.45) is 0.940. The third-order valence-electron chi connectivity index (χ3n) is 4.24. The predicted octanol–water partition coefficient (Wildman–Crippen LogP) is 1.15. The van der Waals surface area contributed by atoms with Crippen LogP contribution in [0.25, 0.3) is 11.1 Å². The normalized spacial score (nSPS) is 20.5. The molecule has 0 unspecified atom stereocenters. The molecule has 0 aliphatic carbocycles. The number of imide groups is 1. The molecular formula is C14H13FN4O3. The van der Waals surface area contributed by atoms with Crippen LogP contribution in [-0.2, 0) is 4.79 Å². The molecule has 3 heterocycles. The number of aromatic nitrogens is 1. The molecule has 2 aliphatic rings. The first-order valence-electron chi connectivity index (χ1n) is 7.00. The zero-order chi connectivity index (χ0) is 15.3. The number of benzene rings is 1. The second kappa shape index (κ2) is 4.43. The Morgan fingerprint density at radius 1 is 1.27 bits per heavy atom. The highest BCUT2D eigenvalue weighted by molar-refractivity contribution is 6.07. The van der Waals surface area contributed by atoms with Gasteiger partial charge in [0.15, 0.2) is 5.58 Å². The highest BCUT2D eigenvalue weighted by Crippen LogP contribution is 2.30. The van der Waals surface area contributed by atoms with Crippen LogP contribution in [0.2, 0.25) is 0 Å². The van der Waals surface area contributed by atoms with Gasteiger partial charge in [-0.1, -0.05) is 0 Å². The van der Waals surface area contributed by atoms with E-state index in [4.69, 9.17) is 4.42 Å². The van der Waals surface area contributed by atoms with E-state index in [0.29, 0.717) is 43.0 Å². The molecule has 114 valence electrons. The van der Waals surface area contributed by atoms with E-state index in [2.05, 4.69) is 15.6 Å². The summed E-state index contributed by atoms with van der Waals surface area (Å²) < 4.78 is 18.8. The van der Waals surface area contributed by atoms with Gasteiger partial charge in [-0.15, -0.1) is 0 Å². The van der Waals surface area contributed by atoms with E-state index < -0.39 is 11.6 Å².